The van der Waals surface area contributed by atoms with Crippen LogP contribution in [0.5, 0.6) is 0 Å². The molecule has 0 aliphatic carbocycles. The first-order valence-corrected chi connectivity index (χ1v) is 9.62. The molecule has 176 valence electrons. The molecule has 1 unspecified atom stereocenters. The molecule has 0 spiro atoms. The van der Waals surface area contributed by atoms with Crippen molar-refractivity contribution >= 4 is 17.9 Å². The Labute approximate surface area is 208 Å². The third-order valence-electron chi connectivity index (χ3n) is 4.75. The molecule has 0 aromatic heterocycles. The van der Waals surface area contributed by atoms with Gasteiger partial charge in [0.15, 0.2) is 0 Å². The number of rotatable bonds is 9. The second-order valence-electron chi connectivity index (χ2n) is 7.20. The second-order valence-corrected chi connectivity index (χ2v) is 7.20. The first kappa shape index (κ1) is 29.5. The zero-order valence-electron chi connectivity index (χ0n) is 17.0. The van der Waals surface area contributed by atoms with Crippen molar-refractivity contribution in [1.29, 1.82) is 0 Å². The Morgan fingerprint density at radius 2 is 0.933 bits per heavy atom. The van der Waals surface area contributed by atoms with Gasteiger partial charge < -0.3 is 26.2 Å². The summed E-state index contributed by atoms with van der Waals surface area (Å²) in [5.41, 5.74) is 5.50. The van der Waals surface area contributed by atoms with Crippen LogP contribution in [0.3, 0.4) is 0 Å². The van der Waals surface area contributed by atoms with Crippen LogP contribution in [0.1, 0.15) is 0 Å². The Kier molecular flexibility index (Phi) is 15.9. The van der Waals surface area contributed by atoms with Crippen LogP contribution in [0, 0.1) is 39.9 Å². The molecule has 1 aliphatic rings. The maximum atomic E-state index is 11.2. The van der Waals surface area contributed by atoms with Crippen LogP contribution >= 0.6 is 0 Å². The quantitative estimate of drug-likeness (QED) is 0.186. The fourth-order valence-corrected chi connectivity index (χ4v) is 3.18. The van der Waals surface area contributed by atoms with Gasteiger partial charge in [-0.3, -0.25) is 34.0 Å². The summed E-state index contributed by atoms with van der Waals surface area (Å²) in [6.45, 7) is 3.10. The number of aliphatic hydroxyl groups excluding tert-OH is 1. The summed E-state index contributed by atoms with van der Waals surface area (Å²) >= 11 is 0. The monoisotopic (exact) mass is 577 g/mol. The molecule has 13 heteroatoms. The van der Waals surface area contributed by atoms with Crippen LogP contribution < -0.4 is 5.73 Å². The van der Waals surface area contributed by atoms with E-state index < -0.39 is 24.0 Å². The number of nitrogens with zero attached hydrogens (tertiary/aromatic N) is 4. The largest absolute Gasteiger partial charge is 0.480 e. The zero-order chi connectivity index (χ0) is 21.8. The summed E-state index contributed by atoms with van der Waals surface area (Å²) in [5.74, 6) is -2.93. The predicted octanol–water partition coefficient (Wildman–Crippen LogP) is -3.22. The molecule has 0 saturated carbocycles. The van der Waals surface area contributed by atoms with Gasteiger partial charge in [0.05, 0.1) is 25.7 Å². The summed E-state index contributed by atoms with van der Waals surface area (Å²) in [5, 5.41) is 37.3. The minimum Gasteiger partial charge on any atom is -0.480 e. The van der Waals surface area contributed by atoms with E-state index in [-0.39, 0.29) is 66.1 Å². The third kappa shape index (κ3) is 13.7. The topological polar surface area (TPSA) is 171 Å². The maximum Gasteiger partial charge on any atom is 0.317 e. The normalized spacial score (nSPS) is 19.8. The molecule has 1 atom stereocenters. The smallest absolute Gasteiger partial charge is 0.317 e. The van der Waals surface area contributed by atoms with Crippen molar-refractivity contribution in [3.05, 3.63) is 0 Å². The number of aliphatic hydroxyl groups is 1. The minimum atomic E-state index is -0.992. The average molecular weight is 577 g/mol. The first-order chi connectivity index (χ1) is 13.7. The first-order valence-electron chi connectivity index (χ1n) is 9.62. The zero-order valence-corrected chi connectivity index (χ0v) is 19.3. The summed E-state index contributed by atoms with van der Waals surface area (Å²) < 4.78 is 0. The fraction of sp³-hybridized carbons (Fsp3) is 0.824. The number of hydrogen-bond acceptors (Lipinski definition) is 9. The van der Waals surface area contributed by atoms with Crippen molar-refractivity contribution in [3.63, 3.8) is 0 Å². The van der Waals surface area contributed by atoms with Crippen molar-refractivity contribution in [3.8, 4) is 0 Å². The number of carbonyl (C=O) groups is 3. The van der Waals surface area contributed by atoms with Gasteiger partial charge in [0.1, 0.15) is 0 Å². The molecule has 0 bridgehead atoms. The molecule has 1 fully saturated rings. The molecule has 1 rings (SSSR count). The number of hydrogen-bond donors (Lipinski definition) is 5. The van der Waals surface area contributed by atoms with Crippen molar-refractivity contribution in [2.24, 2.45) is 5.73 Å². The van der Waals surface area contributed by atoms with Crippen LogP contribution in [0.2, 0.25) is 0 Å². The number of aliphatic carboxylic acids is 3. The molecule has 1 aliphatic heterocycles. The third-order valence-corrected chi connectivity index (χ3v) is 4.75. The van der Waals surface area contributed by atoms with E-state index in [1.807, 2.05) is 4.90 Å². The van der Waals surface area contributed by atoms with Crippen LogP contribution in [-0.2, 0) is 14.4 Å². The number of carboxylic acid groups (broad SMARTS) is 3. The fourth-order valence-electron chi connectivity index (χ4n) is 3.18. The Morgan fingerprint density at radius 1 is 0.667 bits per heavy atom. The van der Waals surface area contributed by atoms with Gasteiger partial charge in [-0.2, -0.15) is 0 Å². The molecule has 1 heterocycles. The molecular formula is C17H33GdN5O7. The van der Waals surface area contributed by atoms with Gasteiger partial charge in [-0.1, -0.05) is 0 Å². The van der Waals surface area contributed by atoms with E-state index in [0.29, 0.717) is 58.9 Å². The number of carboxylic acids is 3. The van der Waals surface area contributed by atoms with Gasteiger partial charge in [0.2, 0.25) is 0 Å². The van der Waals surface area contributed by atoms with E-state index in [2.05, 4.69) is 0 Å². The molecule has 6 N–H and O–H groups in total. The van der Waals surface area contributed by atoms with Gasteiger partial charge >= 0.3 is 17.9 Å². The average Bonchev–Trinajstić information content (AvgIpc) is 2.62. The Morgan fingerprint density at radius 3 is 1.17 bits per heavy atom. The standard InChI is InChI=1S/C17H33N5O7.Gd/c18-9-14(23)10-19-1-3-20(11-15(24)25)5-7-22(13-17(28)29)8-6-21(4-2-19)12-16(26)27;/h14,23H,1-13,18H2,(H,24,25)(H,26,27)(H,28,29);. The van der Waals surface area contributed by atoms with Crippen LogP contribution in [0.25, 0.3) is 0 Å². The van der Waals surface area contributed by atoms with E-state index >= 15 is 0 Å². The van der Waals surface area contributed by atoms with E-state index in [1.54, 1.807) is 14.7 Å². The molecule has 0 amide bonds. The number of β-amino-alcohol motifs (C(OH)–C–C–N with tert-alkyl or cyclic N) is 1. The van der Waals surface area contributed by atoms with Crippen molar-refractivity contribution < 1.29 is 74.8 Å². The molecule has 30 heavy (non-hydrogen) atoms. The summed E-state index contributed by atoms with van der Waals surface area (Å²) in [6.07, 6.45) is -0.727. The molecular weight excluding hydrogens is 543 g/mol. The molecule has 0 radical (unpaired) electrons. The molecule has 1 saturated heterocycles. The summed E-state index contributed by atoms with van der Waals surface area (Å²) in [6, 6.07) is 0. The van der Waals surface area contributed by atoms with E-state index in [4.69, 9.17) is 21.1 Å². The van der Waals surface area contributed by atoms with Crippen LogP contribution in [-0.4, -0.2) is 149 Å². The second kappa shape index (κ2) is 16.2. The van der Waals surface area contributed by atoms with Crippen LogP contribution in [0.15, 0.2) is 0 Å². The van der Waals surface area contributed by atoms with E-state index in [1.165, 1.54) is 0 Å². The molecule has 0 aromatic rings. The summed E-state index contributed by atoms with van der Waals surface area (Å²) in [4.78, 5) is 40.6. The van der Waals surface area contributed by atoms with Gasteiger partial charge in [-0.25, -0.2) is 0 Å². The van der Waals surface area contributed by atoms with Crippen molar-refractivity contribution in [2.45, 2.75) is 6.10 Å². The van der Waals surface area contributed by atoms with Gasteiger partial charge in [-0.05, 0) is 0 Å². The van der Waals surface area contributed by atoms with E-state index in [0.717, 1.165) is 0 Å². The molecule has 0 aromatic carbocycles. The van der Waals surface area contributed by atoms with Gasteiger partial charge in [0.25, 0.3) is 0 Å². The molecule has 12 nitrogen and oxygen atoms in total. The van der Waals surface area contributed by atoms with Crippen molar-refractivity contribution in [2.75, 3.05) is 85.1 Å². The van der Waals surface area contributed by atoms with Gasteiger partial charge in [0, 0.05) is 105 Å². The van der Waals surface area contributed by atoms with Gasteiger partial charge in [-0.15, -0.1) is 0 Å². The van der Waals surface area contributed by atoms with Crippen LogP contribution in [0.4, 0.5) is 0 Å². The summed E-state index contributed by atoms with van der Waals surface area (Å²) in [7, 11) is 0. The SMILES string of the molecule is NCC(O)CN1CCN(CC(=O)O)CCN(CC(=O)O)CCN(CC(=O)O)CC1.[Gd]. The maximum absolute atomic E-state index is 11.2. The van der Waals surface area contributed by atoms with E-state index in [9.17, 15) is 19.5 Å². The Hall–Kier alpha value is -0.505. The Bertz CT molecular complexity index is 511. The minimum absolute atomic E-state index is 0. The Balaban J connectivity index is 0.00000841. The predicted molar refractivity (Wildman–Crippen MR) is 104 cm³/mol. The van der Waals surface area contributed by atoms with Crippen molar-refractivity contribution in [1.82, 2.24) is 19.6 Å². The number of nitrogens with two attached hydrogens (primary N) is 1.